The summed E-state index contributed by atoms with van der Waals surface area (Å²) >= 11 is 0. The van der Waals surface area contributed by atoms with Crippen molar-refractivity contribution in [2.45, 2.75) is 52.7 Å². The molecule has 0 saturated carbocycles. The molecule has 0 aromatic heterocycles. The summed E-state index contributed by atoms with van der Waals surface area (Å²) in [4.78, 5) is 36.2. The molecule has 2 aromatic rings. The van der Waals surface area contributed by atoms with Crippen LogP contribution in [-0.2, 0) is 9.47 Å². The van der Waals surface area contributed by atoms with Gasteiger partial charge in [-0.2, -0.15) is 0 Å². The first-order chi connectivity index (χ1) is 15.1. The van der Waals surface area contributed by atoms with Crippen molar-refractivity contribution in [1.82, 2.24) is 0 Å². The van der Waals surface area contributed by atoms with Crippen LogP contribution in [0.4, 0.5) is 26.7 Å². The summed E-state index contributed by atoms with van der Waals surface area (Å²) in [6.45, 7) is 10.4. The number of benzene rings is 2. The number of nitrogens with one attached hydrogen (secondary N) is 1. The van der Waals surface area contributed by atoms with Gasteiger partial charge in [0.05, 0.1) is 4.92 Å². The minimum absolute atomic E-state index is 0.0231. The zero-order valence-electron chi connectivity index (χ0n) is 19.8. The number of ether oxygens (including phenoxy) is 3. The second kappa shape index (κ2) is 9.76. The van der Waals surface area contributed by atoms with E-state index in [4.69, 9.17) is 14.2 Å². The highest BCUT2D eigenvalue weighted by atomic mass is 16.6. The van der Waals surface area contributed by atoms with Gasteiger partial charge in [-0.25, -0.2) is 9.59 Å². The van der Waals surface area contributed by atoms with Crippen molar-refractivity contribution in [3.8, 4) is 11.5 Å². The van der Waals surface area contributed by atoms with Gasteiger partial charge in [0.25, 0.3) is 5.69 Å². The molecule has 0 saturated heterocycles. The predicted molar refractivity (Wildman–Crippen MR) is 124 cm³/mol. The topological polar surface area (TPSA) is 120 Å². The molecule has 0 aliphatic heterocycles. The van der Waals surface area contributed by atoms with Gasteiger partial charge in [-0.1, -0.05) is 0 Å². The predicted octanol–water partition coefficient (Wildman–Crippen LogP) is 6.11. The van der Waals surface area contributed by atoms with E-state index in [9.17, 15) is 19.7 Å². The number of anilines is 2. The van der Waals surface area contributed by atoms with Crippen LogP contribution in [0.25, 0.3) is 0 Å². The van der Waals surface area contributed by atoms with Gasteiger partial charge in [-0.05, 0) is 71.9 Å². The number of amides is 2. The van der Waals surface area contributed by atoms with Gasteiger partial charge in [-0.3, -0.25) is 20.3 Å². The maximum Gasteiger partial charge on any atom is 0.414 e. The molecule has 0 fully saturated rings. The summed E-state index contributed by atoms with van der Waals surface area (Å²) < 4.78 is 16.3. The highest BCUT2D eigenvalue weighted by Crippen LogP contribution is 2.34. The Morgan fingerprint density at radius 1 is 0.909 bits per heavy atom. The lowest BCUT2D eigenvalue weighted by Crippen LogP contribution is -2.34. The second-order valence-corrected chi connectivity index (χ2v) is 9.20. The summed E-state index contributed by atoms with van der Waals surface area (Å²) in [5.41, 5.74) is -1.12. The fourth-order valence-corrected chi connectivity index (χ4v) is 2.58. The lowest BCUT2D eigenvalue weighted by molar-refractivity contribution is -0.384. The Hall–Kier alpha value is -3.82. The molecule has 0 bridgehead atoms. The van der Waals surface area contributed by atoms with E-state index in [1.54, 1.807) is 65.8 Å². The molecule has 2 aromatic carbocycles. The van der Waals surface area contributed by atoms with Gasteiger partial charge in [0, 0.05) is 24.9 Å². The van der Waals surface area contributed by atoms with Crippen molar-refractivity contribution in [3.63, 3.8) is 0 Å². The summed E-state index contributed by atoms with van der Waals surface area (Å²) in [5, 5.41) is 14.1. The molecule has 2 amide bonds. The SMILES string of the molecule is CN(C(=O)OC(C)(C)C)c1cc(Oc2ccc(NC(=O)OC(C)(C)C)cc2)ccc1[N+](=O)[O-]. The van der Waals surface area contributed by atoms with Crippen molar-refractivity contribution in [1.29, 1.82) is 0 Å². The Morgan fingerprint density at radius 2 is 1.45 bits per heavy atom. The molecule has 10 nitrogen and oxygen atoms in total. The normalized spacial score (nSPS) is 11.4. The summed E-state index contributed by atoms with van der Waals surface area (Å²) in [7, 11) is 1.39. The zero-order chi connectivity index (χ0) is 25.0. The van der Waals surface area contributed by atoms with Crippen molar-refractivity contribution >= 4 is 29.2 Å². The number of hydrogen-bond donors (Lipinski definition) is 1. The highest BCUT2D eigenvalue weighted by molar-refractivity contribution is 5.90. The Morgan fingerprint density at radius 3 is 1.97 bits per heavy atom. The lowest BCUT2D eigenvalue weighted by atomic mass is 10.2. The number of carbonyl (C=O) groups is 2. The average molecular weight is 459 g/mol. The third-order valence-electron chi connectivity index (χ3n) is 3.91. The van der Waals surface area contributed by atoms with Gasteiger partial charge < -0.3 is 14.2 Å². The highest BCUT2D eigenvalue weighted by Gasteiger charge is 2.26. The van der Waals surface area contributed by atoms with Crippen molar-refractivity contribution < 1.29 is 28.7 Å². The molecule has 2 rings (SSSR count). The Balaban J connectivity index is 2.19. The number of rotatable bonds is 5. The first-order valence-electron chi connectivity index (χ1n) is 10.2. The van der Waals surface area contributed by atoms with Crippen LogP contribution in [-0.4, -0.2) is 35.4 Å². The number of nitro benzene ring substituents is 1. The van der Waals surface area contributed by atoms with Gasteiger partial charge in [0.15, 0.2) is 0 Å². The van der Waals surface area contributed by atoms with E-state index in [-0.39, 0.29) is 17.1 Å². The van der Waals surface area contributed by atoms with Crippen LogP contribution in [0.5, 0.6) is 11.5 Å². The maximum atomic E-state index is 12.4. The molecule has 0 atom stereocenters. The first kappa shape index (κ1) is 25.4. The molecule has 0 spiro atoms. The summed E-state index contributed by atoms with van der Waals surface area (Å²) in [6.07, 6.45) is -1.32. The second-order valence-electron chi connectivity index (χ2n) is 9.20. The van der Waals surface area contributed by atoms with Crippen molar-refractivity contribution in [2.75, 3.05) is 17.3 Å². The molecular weight excluding hydrogens is 430 g/mol. The van der Waals surface area contributed by atoms with Gasteiger partial charge in [0.1, 0.15) is 28.4 Å². The molecule has 178 valence electrons. The largest absolute Gasteiger partial charge is 0.457 e. The quantitative estimate of drug-likeness (QED) is 0.423. The van der Waals surface area contributed by atoms with E-state index < -0.39 is 28.3 Å². The number of carbonyl (C=O) groups excluding carboxylic acids is 2. The van der Waals surface area contributed by atoms with Crippen LogP contribution >= 0.6 is 0 Å². The van der Waals surface area contributed by atoms with E-state index in [0.717, 1.165) is 4.90 Å². The van der Waals surface area contributed by atoms with Crippen LogP contribution in [0.1, 0.15) is 41.5 Å². The molecule has 0 heterocycles. The van der Waals surface area contributed by atoms with Crippen LogP contribution < -0.4 is 15.0 Å². The number of hydrogen-bond acceptors (Lipinski definition) is 7. The average Bonchev–Trinajstić information content (AvgIpc) is 2.66. The fraction of sp³-hybridized carbons (Fsp3) is 0.391. The van der Waals surface area contributed by atoms with E-state index in [2.05, 4.69) is 5.32 Å². The van der Waals surface area contributed by atoms with E-state index >= 15 is 0 Å². The van der Waals surface area contributed by atoms with E-state index in [0.29, 0.717) is 11.4 Å². The van der Waals surface area contributed by atoms with Gasteiger partial charge in [-0.15, -0.1) is 0 Å². The molecule has 10 heteroatoms. The third kappa shape index (κ3) is 7.99. The van der Waals surface area contributed by atoms with Gasteiger partial charge >= 0.3 is 12.2 Å². The fourth-order valence-electron chi connectivity index (χ4n) is 2.58. The Kier molecular flexibility index (Phi) is 7.53. The standard InChI is InChI=1S/C23H29N3O7/c1-22(2,3)32-20(27)24-15-8-10-16(11-9-15)31-17-12-13-18(26(29)30)19(14-17)25(7)21(28)33-23(4,5)6/h8-14H,1-7H3,(H,24,27). The monoisotopic (exact) mass is 459 g/mol. The van der Waals surface area contributed by atoms with Crippen LogP contribution in [0.3, 0.4) is 0 Å². The maximum absolute atomic E-state index is 12.4. The Labute approximate surface area is 192 Å². The number of nitrogens with zero attached hydrogens (tertiary/aromatic N) is 2. The summed E-state index contributed by atoms with van der Waals surface area (Å²) in [6, 6.07) is 10.5. The zero-order valence-corrected chi connectivity index (χ0v) is 19.8. The minimum atomic E-state index is -0.761. The molecular formula is C23H29N3O7. The van der Waals surface area contributed by atoms with Crippen molar-refractivity contribution in [3.05, 3.63) is 52.6 Å². The third-order valence-corrected chi connectivity index (χ3v) is 3.91. The molecule has 0 aliphatic rings. The van der Waals surface area contributed by atoms with Crippen LogP contribution in [0, 0.1) is 10.1 Å². The first-order valence-corrected chi connectivity index (χ1v) is 10.2. The smallest absolute Gasteiger partial charge is 0.414 e. The van der Waals surface area contributed by atoms with E-state index in [1.165, 1.54) is 25.2 Å². The Bertz CT molecular complexity index is 1020. The molecule has 0 unspecified atom stereocenters. The van der Waals surface area contributed by atoms with Crippen LogP contribution in [0.15, 0.2) is 42.5 Å². The summed E-state index contributed by atoms with van der Waals surface area (Å²) in [5.74, 6) is 0.698. The molecule has 0 radical (unpaired) electrons. The molecule has 0 aliphatic carbocycles. The minimum Gasteiger partial charge on any atom is -0.457 e. The number of nitro groups is 1. The molecule has 33 heavy (non-hydrogen) atoms. The lowest BCUT2D eigenvalue weighted by Gasteiger charge is -2.24. The van der Waals surface area contributed by atoms with Gasteiger partial charge in [0.2, 0.25) is 0 Å². The van der Waals surface area contributed by atoms with E-state index in [1.807, 2.05) is 0 Å². The van der Waals surface area contributed by atoms with Crippen molar-refractivity contribution in [2.24, 2.45) is 0 Å². The molecule has 1 N–H and O–H groups in total. The van der Waals surface area contributed by atoms with Crippen LogP contribution in [0.2, 0.25) is 0 Å².